The van der Waals surface area contributed by atoms with E-state index >= 15 is 0 Å². The molecule has 2 N–H and O–H groups in total. The molecule has 0 saturated heterocycles. The van der Waals surface area contributed by atoms with Gasteiger partial charge in [0.2, 0.25) is 5.91 Å². The monoisotopic (exact) mass is 343 g/mol. The second-order valence-electron chi connectivity index (χ2n) is 6.94. The summed E-state index contributed by atoms with van der Waals surface area (Å²) >= 11 is 0. The molecule has 2 amide bonds. The largest absolute Gasteiger partial charge is 0.449 e. The van der Waals surface area contributed by atoms with Crippen LogP contribution in [0.15, 0.2) is 29.4 Å². The van der Waals surface area contributed by atoms with E-state index in [-0.39, 0.29) is 11.8 Å². The van der Waals surface area contributed by atoms with E-state index in [9.17, 15) is 9.59 Å². The van der Waals surface area contributed by atoms with E-state index in [1.165, 1.54) is 19.3 Å². The molecule has 0 spiro atoms. The van der Waals surface area contributed by atoms with Crippen LogP contribution in [0.2, 0.25) is 0 Å². The van der Waals surface area contributed by atoms with Crippen molar-refractivity contribution < 1.29 is 14.3 Å². The Labute approximate surface area is 148 Å². The first-order valence-electron chi connectivity index (χ1n) is 9.02. The highest BCUT2D eigenvalue weighted by Crippen LogP contribution is 2.24. The fourth-order valence-corrected chi connectivity index (χ4v) is 3.43. The van der Waals surface area contributed by atoms with Crippen LogP contribution in [0.5, 0.6) is 0 Å². The Morgan fingerprint density at radius 3 is 2.64 bits per heavy atom. The smallest absolute Gasteiger partial charge is 0.411 e. The van der Waals surface area contributed by atoms with Gasteiger partial charge in [-0.25, -0.2) is 10.2 Å². The summed E-state index contributed by atoms with van der Waals surface area (Å²) in [6.07, 6.45) is 6.10. The normalized spacial score (nSPS) is 21.2. The maximum Gasteiger partial charge on any atom is 0.411 e. The number of benzene rings is 1. The molecule has 2 aliphatic rings. The van der Waals surface area contributed by atoms with Crippen LogP contribution in [0.25, 0.3) is 0 Å². The van der Waals surface area contributed by atoms with Crippen LogP contribution in [0.1, 0.15) is 51.0 Å². The van der Waals surface area contributed by atoms with Crippen LogP contribution in [0.3, 0.4) is 0 Å². The summed E-state index contributed by atoms with van der Waals surface area (Å²) < 4.78 is 5.34. The van der Waals surface area contributed by atoms with Crippen molar-refractivity contribution in [1.29, 1.82) is 0 Å². The van der Waals surface area contributed by atoms with E-state index in [0.29, 0.717) is 24.6 Å². The van der Waals surface area contributed by atoms with Crippen LogP contribution >= 0.6 is 0 Å². The number of hydrazone groups is 1. The second-order valence-corrected chi connectivity index (χ2v) is 6.94. The number of carbonyl (C=O) groups is 2. The van der Waals surface area contributed by atoms with Gasteiger partial charge in [0.15, 0.2) is 0 Å². The Balaban J connectivity index is 1.52. The Morgan fingerprint density at radius 2 is 1.96 bits per heavy atom. The Kier molecular flexibility index (Phi) is 5.68. The van der Waals surface area contributed by atoms with Gasteiger partial charge in [0.25, 0.3) is 0 Å². The molecule has 134 valence electrons. The first-order chi connectivity index (χ1) is 12.1. The molecule has 1 heterocycles. The highest BCUT2D eigenvalue weighted by atomic mass is 16.5. The third-order valence-corrected chi connectivity index (χ3v) is 4.86. The minimum absolute atomic E-state index is 0.0600. The molecule has 1 fully saturated rings. The molecule has 1 saturated carbocycles. The van der Waals surface area contributed by atoms with Crippen LogP contribution in [0.4, 0.5) is 10.5 Å². The van der Waals surface area contributed by atoms with Gasteiger partial charge in [0.1, 0.15) is 0 Å². The zero-order valence-electron chi connectivity index (χ0n) is 14.6. The van der Waals surface area contributed by atoms with E-state index in [2.05, 4.69) is 15.8 Å². The van der Waals surface area contributed by atoms with Gasteiger partial charge < -0.3 is 4.74 Å². The number of nitrogens with one attached hydrogen (secondary N) is 2. The third-order valence-electron chi connectivity index (χ3n) is 4.86. The average molecular weight is 343 g/mol. The van der Waals surface area contributed by atoms with E-state index in [4.69, 9.17) is 4.74 Å². The molecular weight excluding hydrogens is 318 g/mol. The van der Waals surface area contributed by atoms with Gasteiger partial charge in [-0.2, -0.15) is 5.10 Å². The van der Waals surface area contributed by atoms with Crippen LogP contribution in [-0.2, 0) is 9.53 Å². The molecule has 0 aromatic heterocycles. The first-order valence-corrected chi connectivity index (χ1v) is 9.02. The van der Waals surface area contributed by atoms with Gasteiger partial charge in [0.05, 0.1) is 12.3 Å². The highest BCUT2D eigenvalue weighted by molar-refractivity contribution is 6.06. The fraction of sp³-hybridized carbons (Fsp3) is 0.526. The zero-order valence-corrected chi connectivity index (χ0v) is 14.6. The van der Waals surface area contributed by atoms with Crippen molar-refractivity contribution in [3.05, 3.63) is 29.8 Å². The summed E-state index contributed by atoms with van der Waals surface area (Å²) in [5, 5.41) is 6.90. The number of anilines is 1. The molecule has 1 unspecified atom stereocenters. The minimum atomic E-state index is -0.408. The van der Waals surface area contributed by atoms with Gasteiger partial charge in [-0.3, -0.25) is 10.1 Å². The second kappa shape index (κ2) is 8.14. The number of nitrogens with zero attached hydrogens (tertiary/aromatic N) is 1. The van der Waals surface area contributed by atoms with Crippen molar-refractivity contribution in [2.45, 2.75) is 45.4 Å². The number of hydrogen-bond donors (Lipinski definition) is 2. The SMILES string of the molecule is CC1CC(=O)NN=C1c1ccc(NC(=O)OCC2CCCCC2)cc1. The number of rotatable bonds is 4. The van der Waals surface area contributed by atoms with Crippen LogP contribution in [-0.4, -0.2) is 24.3 Å². The van der Waals surface area contributed by atoms with Crippen molar-refractivity contribution in [3.63, 3.8) is 0 Å². The molecule has 3 rings (SSSR count). The molecule has 0 bridgehead atoms. The first kappa shape index (κ1) is 17.5. The summed E-state index contributed by atoms with van der Waals surface area (Å²) in [4.78, 5) is 23.2. The van der Waals surface area contributed by atoms with Crippen molar-refractivity contribution in [1.82, 2.24) is 5.43 Å². The Morgan fingerprint density at radius 1 is 1.24 bits per heavy atom. The fourth-order valence-electron chi connectivity index (χ4n) is 3.43. The highest BCUT2D eigenvalue weighted by Gasteiger charge is 2.21. The maximum atomic E-state index is 11.9. The van der Waals surface area contributed by atoms with Crippen molar-refractivity contribution in [2.24, 2.45) is 16.9 Å². The molecule has 1 atom stereocenters. The van der Waals surface area contributed by atoms with Crippen LogP contribution in [0, 0.1) is 11.8 Å². The molecule has 1 aliphatic carbocycles. The van der Waals surface area contributed by atoms with Gasteiger partial charge in [-0.05, 0) is 36.5 Å². The number of hydrogen-bond acceptors (Lipinski definition) is 4. The standard InChI is InChI=1S/C19H25N3O3/c1-13-11-17(23)21-22-18(13)15-7-9-16(10-8-15)20-19(24)25-12-14-5-3-2-4-6-14/h7-10,13-14H,2-6,11-12H2,1H3,(H,20,24)(H,21,23). The predicted octanol–water partition coefficient (Wildman–Crippen LogP) is 3.68. The summed E-state index contributed by atoms with van der Waals surface area (Å²) in [6, 6.07) is 7.43. The van der Waals surface area contributed by atoms with Crippen molar-refractivity contribution >= 4 is 23.4 Å². The molecule has 1 aromatic carbocycles. The molecule has 6 heteroatoms. The average Bonchev–Trinajstić information content (AvgIpc) is 2.62. The van der Waals surface area contributed by atoms with Gasteiger partial charge >= 0.3 is 6.09 Å². The number of ether oxygens (including phenoxy) is 1. The summed E-state index contributed by atoms with van der Waals surface area (Å²) in [5.74, 6) is 0.520. The quantitative estimate of drug-likeness (QED) is 0.875. The molecule has 25 heavy (non-hydrogen) atoms. The Bertz CT molecular complexity index is 648. The predicted molar refractivity (Wildman–Crippen MR) is 96.4 cm³/mol. The molecular formula is C19H25N3O3. The number of carbonyl (C=O) groups excluding carboxylic acids is 2. The van der Waals surface area contributed by atoms with Crippen LogP contribution < -0.4 is 10.7 Å². The summed E-state index contributed by atoms with van der Waals surface area (Å²) in [5.41, 5.74) is 4.99. The van der Waals surface area contributed by atoms with E-state index in [0.717, 1.165) is 24.1 Å². The minimum Gasteiger partial charge on any atom is -0.449 e. The van der Waals surface area contributed by atoms with Gasteiger partial charge in [-0.1, -0.05) is 38.3 Å². The van der Waals surface area contributed by atoms with Crippen molar-refractivity contribution in [2.75, 3.05) is 11.9 Å². The lowest BCUT2D eigenvalue weighted by atomic mass is 9.90. The van der Waals surface area contributed by atoms with E-state index in [1.54, 1.807) is 0 Å². The maximum absolute atomic E-state index is 11.9. The van der Waals surface area contributed by atoms with E-state index in [1.807, 2.05) is 31.2 Å². The topological polar surface area (TPSA) is 79.8 Å². The van der Waals surface area contributed by atoms with Crippen molar-refractivity contribution in [3.8, 4) is 0 Å². The summed E-state index contributed by atoms with van der Waals surface area (Å²) in [6.45, 7) is 2.48. The zero-order chi connectivity index (χ0) is 17.6. The lowest BCUT2D eigenvalue weighted by molar-refractivity contribution is -0.121. The van der Waals surface area contributed by atoms with E-state index < -0.39 is 6.09 Å². The molecule has 1 aromatic rings. The molecule has 1 aliphatic heterocycles. The third kappa shape index (κ3) is 4.81. The molecule has 6 nitrogen and oxygen atoms in total. The lowest BCUT2D eigenvalue weighted by Crippen LogP contribution is -2.31. The van der Waals surface area contributed by atoms with Gasteiger partial charge in [0, 0.05) is 18.0 Å². The lowest BCUT2D eigenvalue weighted by Gasteiger charge is -2.21. The summed E-state index contributed by atoms with van der Waals surface area (Å²) in [7, 11) is 0. The Hall–Kier alpha value is -2.37. The van der Waals surface area contributed by atoms with Gasteiger partial charge in [-0.15, -0.1) is 0 Å². The molecule has 0 radical (unpaired) electrons. The number of amides is 2.